The van der Waals surface area contributed by atoms with Gasteiger partial charge in [-0.1, -0.05) is 0 Å². The van der Waals surface area contributed by atoms with Crippen molar-refractivity contribution in [2.75, 3.05) is 13.1 Å². The SMILES string of the molecule is Cc1cnc([C@@H]2CCCN2CC2CC2)[nH]1. The molecule has 82 valence electrons. The van der Waals surface area contributed by atoms with Crippen LogP contribution in [0, 0.1) is 12.8 Å². The van der Waals surface area contributed by atoms with Gasteiger partial charge in [0.2, 0.25) is 0 Å². The smallest absolute Gasteiger partial charge is 0.123 e. The van der Waals surface area contributed by atoms with Crippen molar-refractivity contribution in [3.05, 3.63) is 17.7 Å². The number of aromatic nitrogens is 2. The van der Waals surface area contributed by atoms with Crippen molar-refractivity contribution in [2.24, 2.45) is 5.92 Å². The fourth-order valence-corrected chi connectivity index (χ4v) is 2.59. The fourth-order valence-electron chi connectivity index (χ4n) is 2.59. The van der Waals surface area contributed by atoms with E-state index in [1.807, 2.05) is 6.20 Å². The highest BCUT2D eigenvalue weighted by molar-refractivity contribution is 5.05. The summed E-state index contributed by atoms with van der Waals surface area (Å²) in [5.74, 6) is 2.17. The molecule has 0 spiro atoms. The van der Waals surface area contributed by atoms with E-state index in [0.29, 0.717) is 6.04 Å². The molecule has 2 aliphatic rings. The van der Waals surface area contributed by atoms with E-state index in [9.17, 15) is 0 Å². The summed E-state index contributed by atoms with van der Waals surface area (Å²) >= 11 is 0. The second-order valence-corrected chi connectivity index (χ2v) is 5.05. The molecular formula is C12H19N3. The van der Waals surface area contributed by atoms with Gasteiger partial charge >= 0.3 is 0 Å². The van der Waals surface area contributed by atoms with Gasteiger partial charge in [0.25, 0.3) is 0 Å². The number of hydrogen-bond donors (Lipinski definition) is 1. The van der Waals surface area contributed by atoms with Crippen LogP contribution in [0.5, 0.6) is 0 Å². The van der Waals surface area contributed by atoms with Crippen LogP contribution in [0.2, 0.25) is 0 Å². The molecule has 1 N–H and O–H groups in total. The molecule has 0 bridgehead atoms. The van der Waals surface area contributed by atoms with Crippen molar-refractivity contribution in [1.82, 2.24) is 14.9 Å². The zero-order valence-corrected chi connectivity index (χ0v) is 9.37. The first kappa shape index (κ1) is 9.40. The zero-order valence-electron chi connectivity index (χ0n) is 9.37. The van der Waals surface area contributed by atoms with Gasteiger partial charge in [-0.2, -0.15) is 0 Å². The van der Waals surface area contributed by atoms with Gasteiger partial charge in [-0.25, -0.2) is 4.98 Å². The molecule has 1 aliphatic heterocycles. The van der Waals surface area contributed by atoms with Crippen molar-refractivity contribution in [1.29, 1.82) is 0 Å². The van der Waals surface area contributed by atoms with E-state index in [1.54, 1.807) is 0 Å². The fraction of sp³-hybridized carbons (Fsp3) is 0.750. The maximum atomic E-state index is 4.48. The van der Waals surface area contributed by atoms with Gasteiger partial charge in [0.15, 0.2) is 0 Å². The number of likely N-dealkylation sites (tertiary alicyclic amines) is 1. The van der Waals surface area contributed by atoms with E-state index in [1.165, 1.54) is 50.3 Å². The number of nitrogens with one attached hydrogen (secondary N) is 1. The van der Waals surface area contributed by atoms with Crippen molar-refractivity contribution in [2.45, 2.75) is 38.6 Å². The van der Waals surface area contributed by atoms with Gasteiger partial charge in [-0.05, 0) is 45.1 Å². The molecule has 3 nitrogen and oxygen atoms in total. The highest BCUT2D eigenvalue weighted by Gasteiger charge is 2.32. The Balaban J connectivity index is 1.72. The minimum absolute atomic E-state index is 0.569. The van der Waals surface area contributed by atoms with Gasteiger partial charge in [0, 0.05) is 18.4 Å². The van der Waals surface area contributed by atoms with Crippen molar-refractivity contribution in [3.63, 3.8) is 0 Å². The summed E-state index contributed by atoms with van der Waals surface area (Å²) in [5.41, 5.74) is 1.18. The molecule has 2 heterocycles. The Labute approximate surface area is 90.9 Å². The van der Waals surface area contributed by atoms with Gasteiger partial charge in [0.1, 0.15) is 5.82 Å². The lowest BCUT2D eigenvalue weighted by molar-refractivity contribution is 0.239. The molecular weight excluding hydrogens is 186 g/mol. The second-order valence-electron chi connectivity index (χ2n) is 5.05. The monoisotopic (exact) mass is 205 g/mol. The van der Waals surface area contributed by atoms with Crippen LogP contribution in [0.15, 0.2) is 6.20 Å². The number of rotatable bonds is 3. The topological polar surface area (TPSA) is 31.9 Å². The maximum Gasteiger partial charge on any atom is 0.123 e. The van der Waals surface area contributed by atoms with Crippen LogP contribution in [0.4, 0.5) is 0 Å². The van der Waals surface area contributed by atoms with E-state index < -0.39 is 0 Å². The minimum Gasteiger partial charge on any atom is -0.345 e. The van der Waals surface area contributed by atoms with Crippen molar-refractivity contribution < 1.29 is 0 Å². The van der Waals surface area contributed by atoms with Gasteiger partial charge in [0.05, 0.1) is 6.04 Å². The van der Waals surface area contributed by atoms with E-state index in [-0.39, 0.29) is 0 Å². The Bertz CT molecular complexity index is 340. The first-order valence-corrected chi connectivity index (χ1v) is 6.08. The Morgan fingerprint density at radius 2 is 2.33 bits per heavy atom. The molecule has 3 rings (SSSR count). The third-order valence-electron chi connectivity index (χ3n) is 3.59. The number of nitrogens with zero attached hydrogens (tertiary/aromatic N) is 2. The van der Waals surface area contributed by atoms with Crippen LogP contribution in [0.25, 0.3) is 0 Å². The van der Waals surface area contributed by atoms with Crippen LogP contribution in [0.1, 0.15) is 43.2 Å². The van der Waals surface area contributed by atoms with Crippen LogP contribution >= 0.6 is 0 Å². The quantitative estimate of drug-likeness (QED) is 0.821. The average Bonchev–Trinajstić information content (AvgIpc) is 2.73. The predicted octanol–water partition coefficient (Wildman–Crippen LogP) is 2.27. The Kier molecular flexibility index (Phi) is 2.28. The van der Waals surface area contributed by atoms with Gasteiger partial charge < -0.3 is 4.98 Å². The van der Waals surface area contributed by atoms with Gasteiger partial charge in [-0.3, -0.25) is 4.90 Å². The molecule has 3 heteroatoms. The number of hydrogen-bond acceptors (Lipinski definition) is 2. The minimum atomic E-state index is 0.569. The predicted molar refractivity (Wildman–Crippen MR) is 59.6 cm³/mol. The molecule has 0 unspecified atom stereocenters. The zero-order chi connectivity index (χ0) is 10.3. The van der Waals surface area contributed by atoms with E-state index in [4.69, 9.17) is 0 Å². The molecule has 1 saturated carbocycles. The molecule has 0 radical (unpaired) electrons. The lowest BCUT2D eigenvalue weighted by Crippen LogP contribution is -2.26. The molecule has 2 fully saturated rings. The van der Waals surface area contributed by atoms with Crippen LogP contribution in [-0.2, 0) is 0 Å². The highest BCUT2D eigenvalue weighted by atomic mass is 15.2. The summed E-state index contributed by atoms with van der Waals surface area (Å²) in [6, 6.07) is 0.569. The van der Waals surface area contributed by atoms with E-state index in [0.717, 1.165) is 5.92 Å². The number of imidazole rings is 1. The molecule has 1 saturated heterocycles. The molecule has 1 aromatic rings. The van der Waals surface area contributed by atoms with Gasteiger partial charge in [-0.15, -0.1) is 0 Å². The molecule has 0 aromatic carbocycles. The Morgan fingerprint density at radius 1 is 1.47 bits per heavy atom. The van der Waals surface area contributed by atoms with Crippen LogP contribution in [0.3, 0.4) is 0 Å². The summed E-state index contributed by atoms with van der Waals surface area (Å²) in [4.78, 5) is 10.5. The summed E-state index contributed by atoms with van der Waals surface area (Å²) in [6.07, 6.45) is 7.45. The van der Waals surface area contributed by atoms with Crippen molar-refractivity contribution in [3.8, 4) is 0 Å². The molecule has 1 aliphatic carbocycles. The highest BCUT2D eigenvalue weighted by Crippen LogP contribution is 2.36. The second kappa shape index (κ2) is 3.63. The summed E-state index contributed by atoms with van der Waals surface area (Å²) in [7, 11) is 0. The molecule has 1 atom stereocenters. The van der Waals surface area contributed by atoms with Crippen LogP contribution in [-0.4, -0.2) is 28.0 Å². The van der Waals surface area contributed by atoms with Crippen molar-refractivity contribution >= 4 is 0 Å². The number of aromatic amines is 1. The lowest BCUT2D eigenvalue weighted by atomic mass is 10.2. The first-order valence-electron chi connectivity index (χ1n) is 6.08. The average molecular weight is 205 g/mol. The van der Waals surface area contributed by atoms with E-state index >= 15 is 0 Å². The molecule has 0 amide bonds. The third-order valence-corrected chi connectivity index (χ3v) is 3.59. The lowest BCUT2D eigenvalue weighted by Gasteiger charge is -2.22. The summed E-state index contributed by atoms with van der Waals surface area (Å²) < 4.78 is 0. The summed E-state index contributed by atoms with van der Waals surface area (Å²) in [5, 5.41) is 0. The first-order chi connectivity index (χ1) is 7.33. The van der Waals surface area contributed by atoms with Crippen LogP contribution < -0.4 is 0 Å². The Hall–Kier alpha value is -0.830. The largest absolute Gasteiger partial charge is 0.345 e. The summed E-state index contributed by atoms with van der Waals surface area (Å²) in [6.45, 7) is 4.64. The Morgan fingerprint density at radius 3 is 3.00 bits per heavy atom. The number of H-pyrrole nitrogens is 1. The standard InChI is InChI=1S/C12H19N3/c1-9-7-13-12(14-9)11-3-2-6-15(11)8-10-4-5-10/h7,10-11H,2-6,8H2,1H3,(H,13,14)/t11-/m0/s1. The molecule has 1 aromatic heterocycles. The van der Waals surface area contributed by atoms with E-state index in [2.05, 4.69) is 21.8 Å². The normalized spacial score (nSPS) is 27.4. The maximum absolute atomic E-state index is 4.48. The number of aryl methyl sites for hydroxylation is 1. The molecule has 15 heavy (non-hydrogen) atoms. The third kappa shape index (κ3) is 1.93.